The molecule has 0 aromatic rings. The second-order valence-electron chi connectivity index (χ2n) is 5.87. The zero-order chi connectivity index (χ0) is 20.5. The molecule has 0 aliphatic heterocycles. The smallest absolute Gasteiger partial charge is 0.306 e. The van der Waals surface area contributed by atoms with E-state index >= 15 is 0 Å². The Kier molecular flexibility index (Phi) is 14.8. The molecule has 1 amide bonds. The number of amides is 1. The summed E-state index contributed by atoms with van der Waals surface area (Å²) in [6.07, 6.45) is 1.06. The average molecular weight is 387 g/mol. The van der Waals surface area contributed by atoms with Gasteiger partial charge in [0.05, 0.1) is 19.6 Å². The molecule has 0 aliphatic rings. The van der Waals surface area contributed by atoms with Crippen LogP contribution in [-0.4, -0.2) is 62.3 Å². The average Bonchev–Trinajstić information content (AvgIpc) is 2.64. The van der Waals surface area contributed by atoms with Gasteiger partial charge in [0, 0.05) is 38.7 Å². The first-order valence-electron chi connectivity index (χ1n) is 8.99. The van der Waals surface area contributed by atoms with Crippen LogP contribution in [0.25, 0.3) is 0 Å². The highest BCUT2D eigenvalue weighted by molar-refractivity contribution is 5.88. The highest BCUT2D eigenvalue weighted by Crippen LogP contribution is 2.01. The fourth-order valence-corrected chi connectivity index (χ4v) is 1.81. The largest absolute Gasteiger partial charge is 0.458 e. The molecule has 0 bridgehead atoms. The number of Topliss-reactive ketones (excluding diaryl/α,β-unsaturated/α-hetero) is 3. The summed E-state index contributed by atoms with van der Waals surface area (Å²) in [5, 5.41) is 0. The number of ketones is 3. The number of ether oxygens (including phenoxy) is 3. The second-order valence-corrected chi connectivity index (χ2v) is 5.87. The maximum absolute atomic E-state index is 11.7. The minimum Gasteiger partial charge on any atom is -0.458 e. The predicted molar refractivity (Wildman–Crippen MR) is 94.8 cm³/mol. The number of hydrogen-bond acceptors (Lipinski definition) is 8. The van der Waals surface area contributed by atoms with Gasteiger partial charge >= 0.3 is 5.97 Å². The van der Waals surface area contributed by atoms with Gasteiger partial charge in [-0.15, -0.1) is 0 Å². The van der Waals surface area contributed by atoms with Crippen LogP contribution in [0, 0.1) is 0 Å². The van der Waals surface area contributed by atoms with Gasteiger partial charge in [-0.3, -0.25) is 24.0 Å². The second kappa shape index (κ2) is 16.1. The van der Waals surface area contributed by atoms with Crippen LogP contribution in [0.4, 0.5) is 0 Å². The number of hydrogen-bond donors (Lipinski definition) is 1. The summed E-state index contributed by atoms with van der Waals surface area (Å²) in [6, 6.07) is 0. The summed E-state index contributed by atoms with van der Waals surface area (Å²) >= 11 is 0. The molecule has 0 heterocycles. The van der Waals surface area contributed by atoms with Crippen LogP contribution in [0.5, 0.6) is 0 Å². The van der Waals surface area contributed by atoms with Gasteiger partial charge in [-0.05, 0) is 6.42 Å². The fraction of sp³-hybridized carbons (Fsp3) is 0.722. The SMILES string of the molecule is CCC(=O)COCCOCCCC(=O)CCC(=O)COC(=O)CCC(N)=O. The molecule has 2 N–H and O–H groups in total. The third-order valence-electron chi connectivity index (χ3n) is 3.43. The predicted octanol–water partition coefficient (Wildman–Crippen LogP) is 0.506. The standard InChI is InChI=1S/C18H29NO8/c1-2-14(20)12-26-11-10-25-9-3-4-15(21)5-6-16(22)13-27-18(24)8-7-17(19)23/h2-13H2,1H3,(H2,19,23). The molecule has 0 unspecified atom stereocenters. The lowest BCUT2D eigenvalue weighted by Crippen LogP contribution is -2.17. The van der Waals surface area contributed by atoms with Crippen molar-refractivity contribution in [2.75, 3.05) is 33.0 Å². The minimum atomic E-state index is -0.673. The van der Waals surface area contributed by atoms with Gasteiger partial charge in [-0.2, -0.15) is 0 Å². The van der Waals surface area contributed by atoms with E-state index in [1.807, 2.05) is 0 Å². The van der Waals surface area contributed by atoms with Crippen molar-refractivity contribution in [3.63, 3.8) is 0 Å². The van der Waals surface area contributed by atoms with Crippen LogP contribution in [0.15, 0.2) is 0 Å². The van der Waals surface area contributed by atoms with Gasteiger partial charge in [-0.1, -0.05) is 6.92 Å². The Morgan fingerprint density at radius 3 is 2.04 bits per heavy atom. The molecule has 27 heavy (non-hydrogen) atoms. The van der Waals surface area contributed by atoms with Crippen LogP contribution in [0.1, 0.15) is 51.9 Å². The molecule has 9 heteroatoms. The lowest BCUT2D eigenvalue weighted by molar-refractivity contribution is -0.148. The monoisotopic (exact) mass is 387 g/mol. The van der Waals surface area contributed by atoms with Gasteiger partial charge < -0.3 is 19.9 Å². The van der Waals surface area contributed by atoms with E-state index in [1.165, 1.54) is 0 Å². The van der Waals surface area contributed by atoms with Crippen molar-refractivity contribution >= 4 is 29.2 Å². The molecule has 154 valence electrons. The van der Waals surface area contributed by atoms with E-state index in [-0.39, 0.29) is 49.6 Å². The molecule has 0 aromatic carbocycles. The molecular formula is C18H29NO8. The Morgan fingerprint density at radius 2 is 1.37 bits per heavy atom. The number of carbonyl (C=O) groups excluding carboxylic acids is 5. The molecule has 0 aliphatic carbocycles. The lowest BCUT2D eigenvalue weighted by Gasteiger charge is -2.05. The molecule has 9 nitrogen and oxygen atoms in total. The number of nitrogens with two attached hydrogens (primary N) is 1. The van der Waals surface area contributed by atoms with E-state index in [9.17, 15) is 24.0 Å². The van der Waals surface area contributed by atoms with E-state index in [2.05, 4.69) is 0 Å². The fourth-order valence-electron chi connectivity index (χ4n) is 1.81. The molecule has 0 radical (unpaired) electrons. The highest BCUT2D eigenvalue weighted by atomic mass is 16.5. The molecule has 0 atom stereocenters. The van der Waals surface area contributed by atoms with Crippen LogP contribution >= 0.6 is 0 Å². The van der Waals surface area contributed by atoms with Crippen LogP contribution in [-0.2, 0) is 38.2 Å². The van der Waals surface area contributed by atoms with E-state index in [1.54, 1.807) is 6.92 Å². The molecule has 0 fully saturated rings. The zero-order valence-corrected chi connectivity index (χ0v) is 15.8. The van der Waals surface area contributed by atoms with E-state index < -0.39 is 18.5 Å². The van der Waals surface area contributed by atoms with Gasteiger partial charge in [0.25, 0.3) is 0 Å². The Bertz CT molecular complexity index is 504. The van der Waals surface area contributed by atoms with Crippen molar-refractivity contribution in [3.05, 3.63) is 0 Å². The van der Waals surface area contributed by atoms with Crippen molar-refractivity contribution in [1.29, 1.82) is 0 Å². The molecule has 0 saturated heterocycles. The number of carbonyl (C=O) groups is 5. The van der Waals surface area contributed by atoms with Crippen molar-refractivity contribution in [1.82, 2.24) is 0 Å². The first kappa shape index (κ1) is 24.9. The normalized spacial score (nSPS) is 10.4. The van der Waals surface area contributed by atoms with Crippen molar-refractivity contribution < 1.29 is 38.2 Å². The highest BCUT2D eigenvalue weighted by Gasteiger charge is 2.11. The summed E-state index contributed by atoms with van der Waals surface area (Å²) in [5.41, 5.74) is 4.90. The molecule has 0 spiro atoms. The Hall–Kier alpha value is -2.13. The van der Waals surface area contributed by atoms with E-state index in [0.29, 0.717) is 39.1 Å². The van der Waals surface area contributed by atoms with Crippen LogP contribution < -0.4 is 5.73 Å². The van der Waals surface area contributed by atoms with E-state index in [4.69, 9.17) is 19.9 Å². The zero-order valence-electron chi connectivity index (χ0n) is 15.8. The summed E-state index contributed by atoms with van der Waals surface area (Å²) in [5.74, 6) is -1.68. The quantitative estimate of drug-likeness (QED) is 0.265. The Balaban J connectivity index is 3.54. The first-order chi connectivity index (χ1) is 12.8. The maximum atomic E-state index is 11.7. The Labute approximate surface area is 158 Å². The molecule has 0 aromatic heterocycles. The summed E-state index contributed by atoms with van der Waals surface area (Å²) in [4.78, 5) is 56.0. The summed E-state index contributed by atoms with van der Waals surface area (Å²) in [6.45, 7) is 2.52. The Morgan fingerprint density at radius 1 is 0.704 bits per heavy atom. The number of primary amides is 1. The van der Waals surface area contributed by atoms with Crippen LogP contribution in [0.2, 0.25) is 0 Å². The van der Waals surface area contributed by atoms with Gasteiger partial charge in [-0.25, -0.2) is 0 Å². The maximum Gasteiger partial charge on any atom is 0.306 e. The molecule has 0 saturated carbocycles. The number of esters is 1. The third kappa shape index (κ3) is 17.1. The van der Waals surface area contributed by atoms with Crippen molar-refractivity contribution in [2.24, 2.45) is 5.73 Å². The summed E-state index contributed by atoms with van der Waals surface area (Å²) in [7, 11) is 0. The first-order valence-corrected chi connectivity index (χ1v) is 8.99. The van der Waals surface area contributed by atoms with Crippen LogP contribution in [0.3, 0.4) is 0 Å². The van der Waals surface area contributed by atoms with Crippen molar-refractivity contribution in [2.45, 2.75) is 51.9 Å². The van der Waals surface area contributed by atoms with Gasteiger partial charge in [0.15, 0.2) is 11.6 Å². The van der Waals surface area contributed by atoms with E-state index in [0.717, 1.165) is 0 Å². The topological polar surface area (TPSA) is 139 Å². The van der Waals surface area contributed by atoms with Crippen molar-refractivity contribution in [3.8, 4) is 0 Å². The minimum absolute atomic E-state index is 0.00207. The lowest BCUT2D eigenvalue weighted by atomic mass is 10.1. The summed E-state index contributed by atoms with van der Waals surface area (Å²) < 4.78 is 15.1. The third-order valence-corrected chi connectivity index (χ3v) is 3.43. The number of rotatable bonds is 18. The van der Waals surface area contributed by atoms with Gasteiger partial charge in [0.1, 0.15) is 19.0 Å². The molecular weight excluding hydrogens is 358 g/mol. The van der Waals surface area contributed by atoms with Gasteiger partial charge in [0.2, 0.25) is 5.91 Å². The molecule has 0 rings (SSSR count).